The molecule has 7 N–H and O–H groups in total. The third-order valence-electron chi connectivity index (χ3n) is 3.36. The molecule has 9 nitrogen and oxygen atoms in total. The van der Waals surface area contributed by atoms with Gasteiger partial charge in [-0.25, -0.2) is 4.98 Å². The minimum absolute atomic E-state index is 0.0530. The highest BCUT2D eigenvalue weighted by Gasteiger charge is 2.38. The predicted molar refractivity (Wildman–Crippen MR) is 70.4 cm³/mol. The number of nitrogen functional groups attached to an aromatic ring is 1. The van der Waals surface area contributed by atoms with E-state index in [0.29, 0.717) is 5.56 Å². The summed E-state index contributed by atoms with van der Waals surface area (Å²) in [5.74, 6) is -0.0530. The van der Waals surface area contributed by atoms with Gasteiger partial charge in [0.2, 0.25) is 5.95 Å². The Morgan fingerprint density at radius 1 is 1.40 bits per heavy atom. The third-order valence-corrected chi connectivity index (χ3v) is 3.36. The summed E-state index contributed by atoms with van der Waals surface area (Å²) >= 11 is 0. The van der Waals surface area contributed by atoms with E-state index in [1.54, 1.807) is 0 Å². The standard InChI is InChI=1S/C11H13N5O4/c12-11-15-5-3(1-13-7(5)10(20)16-11)6-9(19)8(18)4(2-17)14-6/h1,6,8-9,13,17-19H,2H2,(H3,12,15,16,20). The van der Waals surface area contributed by atoms with Crippen LogP contribution in [-0.4, -0.2) is 54.8 Å². The molecule has 0 aliphatic carbocycles. The second kappa shape index (κ2) is 4.40. The molecule has 20 heavy (non-hydrogen) atoms. The van der Waals surface area contributed by atoms with E-state index in [2.05, 4.69) is 19.9 Å². The van der Waals surface area contributed by atoms with Gasteiger partial charge >= 0.3 is 0 Å². The number of nitrogens with one attached hydrogen (secondary N) is 2. The lowest BCUT2D eigenvalue weighted by Gasteiger charge is -2.14. The monoisotopic (exact) mass is 279 g/mol. The van der Waals surface area contributed by atoms with Gasteiger partial charge in [-0.1, -0.05) is 0 Å². The largest absolute Gasteiger partial charge is 0.390 e. The smallest absolute Gasteiger partial charge is 0.276 e. The van der Waals surface area contributed by atoms with Crippen LogP contribution in [0.4, 0.5) is 5.95 Å². The van der Waals surface area contributed by atoms with E-state index in [1.807, 2.05) is 0 Å². The van der Waals surface area contributed by atoms with Gasteiger partial charge in [-0.15, -0.1) is 0 Å². The fourth-order valence-electron chi connectivity index (χ4n) is 2.37. The molecule has 2 aromatic rings. The van der Waals surface area contributed by atoms with Gasteiger partial charge in [-0.3, -0.25) is 14.8 Å². The summed E-state index contributed by atoms with van der Waals surface area (Å²) in [5, 5.41) is 28.8. The highest BCUT2D eigenvalue weighted by molar-refractivity contribution is 5.93. The van der Waals surface area contributed by atoms with E-state index in [0.717, 1.165) is 0 Å². The van der Waals surface area contributed by atoms with Gasteiger partial charge in [-0.2, -0.15) is 0 Å². The van der Waals surface area contributed by atoms with Gasteiger partial charge in [-0.05, 0) is 0 Å². The lowest BCUT2D eigenvalue weighted by Crippen LogP contribution is -2.32. The van der Waals surface area contributed by atoms with Crippen LogP contribution >= 0.6 is 0 Å². The Kier molecular flexibility index (Phi) is 2.82. The number of anilines is 1. The fourth-order valence-corrected chi connectivity index (χ4v) is 2.37. The maximum absolute atomic E-state index is 11.7. The van der Waals surface area contributed by atoms with Crippen LogP contribution in [-0.2, 0) is 0 Å². The topological polar surface area (TPSA) is 161 Å². The molecule has 0 saturated carbocycles. The van der Waals surface area contributed by atoms with Crippen molar-refractivity contribution in [3.8, 4) is 0 Å². The molecule has 0 spiro atoms. The maximum Gasteiger partial charge on any atom is 0.276 e. The highest BCUT2D eigenvalue weighted by atomic mass is 16.3. The predicted octanol–water partition coefficient (Wildman–Crippen LogP) is -1.96. The minimum atomic E-state index is -1.24. The summed E-state index contributed by atoms with van der Waals surface area (Å²) in [6.07, 6.45) is -0.968. The molecule has 106 valence electrons. The van der Waals surface area contributed by atoms with Crippen molar-refractivity contribution in [2.24, 2.45) is 4.99 Å². The van der Waals surface area contributed by atoms with E-state index in [9.17, 15) is 15.0 Å². The van der Waals surface area contributed by atoms with Crippen molar-refractivity contribution in [3.63, 3.8) is 0 Å². The third kappa shape index (κ3) is 1.72. The number of rotatable bonds is 2. The molecule has 3 atom stereocenters. The second-order valence-electron chi connectivity index (χ2n) is 4.58. The molecule has 1 aliphatic rings. The minimum Gasteiger partial charge on any atom is -0.390 e. The number of hydrogen-bond donors (Lipinski definition) is 6. The quantitative estimate of drug-likeness (QED) is 0.374. The summed E-state index contributed by atoms with van der Waals surface area (Å²) in [5.41, 5.74) is 6.09. The maximum atomic E-state index is 11.7. The normalized spacial score (nSPS) is 26.1. The molecule has 2 aromatic heterocycles. The van der Waals surface area contributed by atoms with Crippen molar-refractivity contribution < 1.29 is 15.3 Å². The van der Waals surface area contributed by atoms with Gasteiger partial charge in [0.05, 0.1) is 12.3 Å². The van der Waals surface area contributed by atoms with Crippen molar-refractivity contribution in [1.29, 1.82) is 0 Å². The summed E-state index contributed by atoms with van der Waals surface area (Å²) < 4.78 is 0. The average molecular weight is 279 g/mol. The van der Waals surface area contributed by atoms with Crippen molar-refractivity contribution in [3.05, 3.63) is 22.1 Å². The lowest BCUT2D eigenvalue weighted by molar-refractivity contribution is 0.0535. The van der Waals surface area contributed by atoms with E-state index < -0.39 is 30.4 Å². The molecular formula is C11H13N5O4. The number of aliphatic hydroxyl groups excluding tert-OH is 3. The summed E-state index contributed by atoms with van der Waals surface area (Å²) in [6, 6.07) is -0.811. The molecular weight excluding hydrogens is 266 g/mol. The van der Waals surface area contributed by atoms with Gasteiger partial charge < -0.3 is 26.0 Å². The molecule has 0 aromatic carbocycles. The Morgan fingerprint density at radius 3 is 2.80 bits per heavy atom. The highest BCUT2D eigenvalue weighted by Crippen LogP contribution is 2.32. The molecule has 3 unspecified atom stereocenters. The van der Waals surface area contributed by atoms with Crippen molar-refractivity contribution in [2.75, 3.05) is 12.3 Å². The SMILES string of the molecule is Nc1nc2c(C3N=C(CO)C(O)C3O)c[nH]c2c(=O)[nH]1. The number of H-pyrrole nitrogens is 2. The van der Waals surface area contributed by atoms with Crippen LogP contribution in [0.5, 0.6) is 0 Å². The Labute approximate surface area is 111 Å². The first-order chi connectivity index (χ1) is 9.52. The zero-order valence-corrected chi connectivity index (χ0v) is 10.2. The van der Waals surface area contributed by atoms with Crippen LogP contribution in [0.15, 0.2) is 16.0 Å². The number of aliphatic imine (C=N–C) groups is 1. The molecule has 0 fully saturated rings. The fraction of sp³-hybridized carbons (Fsp3) is 0.364. The number of hydrogen-bond acceptors (Lipinski definition) is 7. The zero-order valence-electron chi connectivity index (χ0n) is 10.2. The summed E-state index contributed by atoms with van der Waals surface area (Å²) in [7, 11) is 0. The van der Waals surface area contributed by atoms with Crippen LogP contribution in [0.3, 0.4) is 0 Å². The Balaban J connectivity index is 2.16. The van der Waals surface area contributed by atoms with Gasteiger partial charge in [0.25, 0.3) is 5.56 Å². The number of aliphatic hydroxyl groups is 3. The zero-order chi connectivity index (χ0) is 14.4. The van der Waals surface area contributed by atoms with Crippen LogP contribution in [0.2, 0.25) is 0 Å². The molecule has 0 bridgehead atoms. The van der Waals surface area contributed by atoms with Crippen LogP contribution in [0.1, 0.15) is 11.6 Å². The Morgan fingerprint density at radius 2 is 2.15 bits per heavy atom. The molecule has 3 heterocycles. The Bertz CT molecular complexity index is 749. The first kappa shape index (κ1) is 12.8. The van der Waals surface area contributed by atoms with Crippen molar-refractivity contribution in [1.82, 2.24) is 15.0 Å². The first-order valence-electron chi connectivity index (χ1n) is 5.93. The van der Waals surface area contributed by atoms with E-state index in [-0.39, 0.29) is 22.7 Å². The molecule has 0 saturated heterocycles. The summed E-state index contributed by atoms with van der Waals surface area (Å²) in [6.45, 7) is -0.451. The average Bonchev–Trinajstić information content (AvgIpc) is 2.93. The number of nitrogens with two attached hydrogens (primary N) is 1. The second-order valence-corrected chi connectivity index (χ2v) is 4.58. The van der Waals surface area contributed by atoms with Crippen LogP contribution < -0.4 is 11.3 Å². The molecule has 3 rings (SSSR count). The molecule has 9 heteroatoms. The van der Waals surface area contributed by atoms with Crippen molar-refractivity contribution >= 4 is 22.7 Å². The van der Waals surface area contributed by atoms with Gasteiger partial charge in [0.15, 0.2) is 0 Å². The van der Waals surface area contributed by atoms with Crippen LogP contribution in [0, 0.1) is 0 Å². The van der Waals surface area contributed by atoms with Gasteiger partial charge in [0.1, 0.15) is 29.3 Å². The van der Waals surface area contributed by atoms with Crippen molar-refractivity contribution in [2.45, 2.75) is 18.2 Å². The number of nitrogens with zero attached hydrogens (tertiary/aromatic N) is 2. The Hall–Kier alpha value is -2.23. The number of aromatic nitrogens is 3. The van der Waals surface area contributed by atoms with Crippen LogP contribution in [0.25, 0.3) is 11.0 Å². The summed E-state index contributed by atoms with van der Waals surface area (Å²) in [4.78, 5) is 24.9. The van der Waals surface area contributed by atoms with E-state index in [4.69, 9.17) is 10.8 Å². The molecule has 1 aliphatic heterocycles. The molecule has 0 amide bonds. The first-order valence-corrected chi connectivity index (χ1v) is 5.93. The van der Waals surface area contributed by atoms with Gasteiger partial charge in [0, 0.05) is 11.8 Å². The van der Waals surface area contributed by atoms with E-state index in [1.165, 1.54) is 6.20 Å². The lowest BCUT2D eigenvalue weighted by atomic mass is 10.0. The number of fused-ring (bicyclic) bond motifs is 1. The molecule has 0 radical (unpaired) electrons. The van der Waals surface area contributed by atoms with E-state index >= 15 is 0 Å². The number of aromatic amines is 2.